The van der Waals surface area contributed by atoms with Crippen LogP contribution in [-0.2, 0) is 19.1 Å². The van der Waals surface area contributed by atoms with Gasteiger partial charge in [-0.1, -0.05) is 0 Å². The average molecular weight is 416 g/mol. The van der Waals surface area contributed by atoms with Crippen molar-refractivity contribution in [1.82, 2.24) is 0 Å². The first-order valence-electron chi connectivity index (χ1n) is 9.21. The summed E-state index contributed by atoms with van der Waals surface area (Å²) in [7, 11) is 0. The number of alkyl halides is 6. The second-order valence-electron chi connectivity index (χ2n) is 8.65. The normalized spacial score (nSPS) is 34.6. The van der Waals surface area contributed by atoms with Gasteiger partial charge in [-0.15, -0.1) is 0 Å². The van der Waals surface area contributed by atoms with Crippen molar-refractivity contribution in [3.05, 3.63) is 0 Å². The third kappa shape index (κ3) is 3.96. The van der Waals surface area contributed by atoms with Crippen LogP contribution in [0.1, 0.15) is 51.9 Å². The maximum atomic E-state index is 13.3. The first-order valence-corrected chi connectivity index (χ1v) is 9.21. The molecule has 0 N–H and O–H groups in total. The molecule has 0 aromatic rings. The molecule has 0 radical (unpaired) electrons. The van der Waals surface area contributed by atoms with Crippen molar-refractivity contribution in [2.24, 2.45) is 17.3 Å². The Bertz CT molecular complexity index is 630. The molecule has 4 nitrogen and oxygen atoms in total. The van der Waals surface area contributed by atoms with E-state index < -0.39 is 54.3 Å². The SMILES string of the molecule is CC(F)(F)C(=O)OC12CC3CC(C1)CC(C(=O)OCCC(F)(F)C(F)F)(C3)C2. The summed E-state index contributed by atoms with van der Waals surface area (Å²) in [6.45, 7) is -0.434. The fraction of sp³-hybridized carbons (Fsp3) is 0.889. The molecule has 10 heteroatoms. The van der Waals surface area contributed by atoms with E-state index in [9.17, 15) is 35.9 Å². The van der Waals surface area contributed by atoms with Gasteiger partial charge in [-0.25, -0.2) is 22.4 Å². The molecule has 2 unspecified atom stereocenters. The first kappa shape index (κ1) is 21.2. The fourth-order valence-corrected chi connectivity index (χ4v) is 5.36. The van der Waals surface area contributed by atoms with E-state index in [4.69, 9.17) is 9.47 Å². The maximum absolute atomic E-state index is 13.3. The molecular weight excluding hydrogens is 394 g/mol. The summed E-state index contributed by atoms with van der Waals surface area (Å²) in [5.74, 6) is -10.5. The highest BCUT2D eigenvalue weighted by atomic mass is 19.3. The Morgan fingerprint density at radius 3 is 2.14 bits per heavy atom. The van der Waals surface area contributed by atoms with E-state index in [2.05, 4.69) is 0 Å². The Balaban J connectivity index is 1.69. The molecule has 4 aliphatic carbocycles. The standard InChI is InChI=1S/C18H22F6O4/c1-15(21,22)13(25)28-17-7-10-4-11(8-17)6-16(5-10,9-17)14(26)27-3-2-18(23,24)12(19)20/h10-12H,2-9H2,1H3. The molecule has 4 rings (SSSR count). The molecule has 0 amide bonds. The number of esters is 2. The summed E-state index contributed by atoms with van der Waals surface area (Å²) >= 11 is 0. The van der Waals surface area contributed by atoms with Gasteiger partial charge < -0.3 is 9.47 Å². The quantitative estimate of drug-likeness (QED) is 0.457. The van der Waals surface area contributed by atoms with Crippen molar-refractivity contribution in [2.75, 3.05) is 6.61 Å². The van der Waals surface area contributed by atoms with Crippen molar-refractivity contribution in [2.45, 2.75) is 75.7 Å². The highest BCUT2D eigenvalue weighted by Crippen LogP contribution is 2.63. The van der Waals surface area contributed by atoms with Gasteiger partial charge in [0, 0.05) is 13.3 Å². The number of hydrogen-bond donors (Lipinski definition) is 0. The van der Waals surface area contributed by atoms with Gasteiger partial charge in [0.05, 0.1) is 18.4 Å². The van der Waals surface area contributed by atoms with Crippen molar-refractivity contribution in [3.63, 3.8) is 0 Å². The van der Waals surface area contributed by atoms with E-state index >= 15 is 0 Å². The van der Waals surface area contributed by atoms with Gasteiger partial charge in [-0.05, 0) is 43.9 Å². The number of rotatable bonds is 7. The lowest BCUT2D eigenvalue weighted by Gasteiger charge is -2.59. The summed E-state index contributed by atoms with van der Waals surface area (Å²) in [5.41, 5.74) is -2.32. The Morgan fingerprint density at radius 1 is 1.07 bits per heavy atom. The molecule has 0 aromatic carbocycles. The molecule has 4 fully saturated rings. The van der Waals surface area contributed by atoms with E-state index in [-0.39, 0.29) is 18.3 Å². The third-order valence-electron chi connectivity index (χ3n) is 6.10. The van der Waals surface area contributed by atoms with Crippen LogP contribution in [0.2, 0.25) is 0 Å². The number of ether oxygens (including phenoxy) is 2. The second-order valence-corrected chi connectivity index (χ2v) is 8.65. The second kappa shape index (κ2) is 6.79. The van der Waals surface area contributed by atoms with E-state index in [1.54, 1.807) is 0 Å². The molecular formula is C18H22F6O4. The van der Waals surface area contributed by atoms with E-state index in [1.165, 1.54) is 0 Å². The van der Waals surface area contributed by atoms with E-state index in [0.717, 1.165) is 6.42 Å². The van der Waals surface area contributed by atoms with Crippen LogP contribution >= 0.6 is 0 Å². The number of carbonyl (C=O) groups is 2. The first-order chi connectivity index (χ1) is 12.8. The summed E-state index contributed by atoms with van der Waals surface area (Å²) < 4.78 is 87.1. The zero-order valence-corrected chi connectivity index (χ0v) is 15.3. The zero-order chi connectivity index (χ0) is 21.0. The Hall–Kier alpha value is -1.48. The molecule has 160 valence electrons. The van der Waals surface area contributed by atoms with Gasteiger partial charge in [0.1, 0.15) is 5.60 Å². The summed E-state index contributed by atoms with van der Waals surface area (Å²) in [6, 6.07) is 0. The Morgan fingerprint density at radius 2 is 1.64 bits per heavy atom. The van der Waals surface area contributed by atoms with Crippen LogP contribution in [0.3, 0.4) is 0 Å². The molecule has 28 heavy (non-hydrogen) atoms. The van der Waals surface area contributed by atoms with E-state index in [1.807, 2.05) is 0 Å². The lowest BCUT2D eigenvalue weighted by atomic mass is 9.48. The lowest BCUT2D eigenvalue weighted by molar-refractivity contribution is -0.225. The minimum Gasteiger partial charge on any atom is -0.465 e. The smallest absolute Gasteiger partial charge is 0.377 e. The predicted octanol–water partition coefficient (Wildman–Crippen LogP) is 4.36. The molecule has 0 saturated heterocycles. The van der Waals surface area contributed by atoms with Crippen LogP contribution in [-0.4, -0.2) is 42.4 Å². The van der Waals surface area contributed by atoms with Crippen LogP contribution in [0.4, 0.5) is 26.3 Å². The van der Waals surface area contributed by atoms with Gasteiger partial charge in [0.15, 0.2) is 0 Å². The van der Waals surface area contributed by atoms with Gasteiger partial charge in [0.25, 0.3) is 0 Å². The highest BCUT2D eigenvalue weighted by Gasteiger charge is 2.63. The van der Waals surface area contributed by atoms with Crippen LogP contribution < -0.4 is 0 Å². The molecule has 0 heterocycles. The zero-order valence-electron chi connectivity index (χ0n) is 15.3. The molecule has 4 bridgehead atoms. The third-order valence-corrected chi connectivity index (χ3v) is 6.10. The van der Waals surface area contributed by atoms with Crippen LogP contribution in [0.15, 0.2) is 0 Å². The fourth-order valence-electron chi connectivity index (χ4n) is 5.36. The number of halogens is 6. The molecule has 4 saturated carbocycles. The number of carbonyl (C=O) groups excluding carboxylic acids is 2. The van der Waals surface area contributed by atoms with Crippen LogP contribution in [0.5, 0.6) is 0 Å². The summed E-state index contributed by atoms with van der Waals surface area (Å²) in [6.07, 6.45) is -2.91. The minimum atomic E-state index is -4.26. The maximum Gasteiger partial charge on any atom is 0.377 e. The van der Waals surface area contributed by atoms with Crippen LogP contribution in [0, 0.1) is 17.3 Å². The highest BCUT2D eigenvalue weighted by molar-refractivity contribution is 5.79. The largest absolute Gasteiger partial charge is 0.465 e. The molecule has 0 spiro atoms. The van der Waals surface area contributed by atoms with Gasteiger partial charge in [-0.3, -0.25) is 4.79 Å². The Kier molecular flexibility index (Phi) is 5.15. The van der Waals surface area contributed by atoms with Crippen molar-refractivity contribution < 1.29 is 45.4 Å². The monoisotopic (exact) mass is 416 g/mol. The molecule has 0 aliphatic heterocycles. The average Bonchev–Trinajstić information content (AvgIpc) is 2.51. The topological polar surface area (TPSA) is 52.6 Å². The Labute approximate surface area is 157 Å². The van der Waals surface area contributed by atoms with Gasteiger partial charge in [-0.2, -0.15) is 8.78 Å². The molecule has 2 atom stereocenters. The van der Waals surface area contributed by atoms with Crippen molar-refractivity contribution in [1.29, 1.82) is 0 Å². The van der Waals surface area contributed by atoms with Crippen molar-refractivity contribution in [3.8, 4) is 0 Å². The van der Waals surface area contributed by atoms with Crippen LogP contribution in [0.25, 0.3) is 0 Å². The summed E-state index contributed by atoms with van der Waals surface area (Å²) in [4.78, 5) is 24.4. The lowest BCUT2D eigenvalue weighted by Crippen LogP contribution is -2.60. The minimum absolute atomic E-state index is 0.0150. The predicted molar refractivity (Wildman–Crippen MR) is 83.1 cm³/mol. The van der Waals surface area contributed by atoms with Gasteiger partial charge in [0.2, 0.25) is 0 Å². The van der Waals surface area contributed by atoms with Gasteiger partial charge >= 0.3 is 30.2 Å². The molecule has 0 aromatic heterocycles. The number of hydrogen-bond acceptors (Lipinski definition) is 4. The van der Waals surface area contributed by atoms with Crippen molar-refractivity contribution >= 4 is 11.9 Å². The summed E-state index contributed by atoms with van der Waals surface area (Å²) in [5, 5.41) is 0. The van der Waals surface area contributed by atoms with E-state index in [0.29, 0.717) is 32.6 Å². The molecule has 4 aliphatic rings.